The van der Waals surface area contributed by atoms with Crippen molar-refractivity contribution in [1.29, 1.82) is 0 Å². The zero-order valence-electron chi connectivity index (χ0n) is 9.63. The summed E-state index contributed by atoms with van der Waals surface area (Å²) in [4.78, 5) is 4.12. The van der Waals surface area contributed by atoms with Gasteiger partial charge in [-0.1, -0.05) is 0 Å². The fraction of sp³-hybridized carbons (Fsp3) is 0.545. The van der Waals surface area contributed by atoms with Crippen molar-refractivity contribution in [2.75, 3.05) is 23.0 Å². The van der Waals surface area contributed by atoms with Crippen molar-refractivity contribution >= 4 is 29.2 Å². The summed E-state index contributed by atoms with van der Waals surface area (Å²) >= 11 is 3.99. The van der Waals surface area contributed by atoms with Crippen LogP contribution in [0.1, 0.15) is 5.56 Å². The van der Waals surface area contributed by atoms with E-state index in [0.717, 1.165) is 23.4 Å². The van der Waals surface area contributed by atoms with Crippen LogP contribution >= 0.6 is 23.5 Å². The Labute approximate surface area is 110 Å². The molecule has 17 heavy (non-hydrogen) atoms. The van der Waals surface area contributed by atoms with E-state index in [4.69, 9.17) is 11.6 Å². The van der Waals surface area contributed by atoms with E-state index in [1.807, 2.05) is 35.8 Å². The lowest BCUT2D eigenvalue weighted by Gasteiger charge is -2.29. The molecule has 0 bridgehead atoms. The van der Waals surface area contributed by atoms with Gasteiger partial charge in [-0.2, -0.15) is 23.5 Å². The Balaban J connectivity index is 2.01. The normalized spacial score (nSPS) is 22.3. The molecule has 5 N–H and O–H groups in total. The number of hydrogen-bond acceptors (Lipinski definition) is 6. The topological polar surface area (TPSA) is 77.0 Å². The Morgan fingerprint density at radius 1 is 1.53 bits per heavy atom. The van der Waals surface area contributed by atoms with Crippen LogP contribution in [0.4, 0.5) is 5.69 Å². The number of rotatable bonds is 4. The molecule has 0 aliphatic carbocycles. The summed E-state index contributed by atoms with van der Waals surface area (Å²) in [5, 5.41) is 0.554. The van der Waals surface area contributed by atoms with Crippen molar-refractivity contribution in [3.63, 3.8) is 0 Å². The zero-order chi connectivity index (χ0) is 12.1. The molecule has 4 nitrogen and oxygen atoms in total. The first-order valence-electron chi connectivity index (χ1n) is 5.65. The lowest BCUT2D eigenvalue weighted by molar-refractivity contribution is 0.523. The molecule has 0 saturated carbocycles. The molecule has 1 aliphatic rings. The van der Waals surface area contributed by atoms with E-state index in [0.29, 0.717) is 5.25 Å². The molecular formula is C11H18N4S2. The average Bonchev–Trinajstić information content (AvgIpc) is 2.39. The monoisotopic (exact) mass is 270 g/mol. The summed E-state index contributed by atoms with van der Waals surface area (Å²) in [6.07, 6.45) is 4.39. The van der Waals surface area contributed by atoms with Crippen LogP contribution in [-0.4, -0.2) is 33.5 Å². The van der Waals surface area contributed by atoms with E-state index in [9.17, 15) is 0 Å². The molecule has 0 aromatic carbocycles. The van der Waals surface area contributed by atoms with Gasteiger partial charge in [0.1, 0.15) is 0 Å². The minimum absolute atomic E-state index is 0.263. The fourth-order valence-corrected chi connectivity index (χ4v) is 4.75. The number of nitrogens with two attached hydrogens (primary N) is 2. The minimum Gasteiger partial charge on any atom is -0.398 e. The third kappa shape index (κ3) is 3.51. The minimum atomic E-state index is 0.263. The first-order chi connectivity index (χ1) is 8.31. The predicted octanol–water partition coefficient (Wildman–Crippen LogP) is 0.887. The van der Waals surface area contributed by atoms with Crippen molar-refractivity contribution in [3.05, 3.63) is 24.0 Å². The summed E-state index contributed by atoms with van der Waals surface area (Å²) < 4.78 is 0. The van der Waals surface area contributed by atoms with Gasteiger partial charge in [-0.25, -0.2) is 0 Å². The summed E-state index contributed by atoms with van der Waals surface area (Å²) in [5.74, 6) is 9.27. The number of nitrogens with one attached hydrogen (secondary N) is 1. The Bertz CT molecular complexity index is 355. The molecule has 1 aromatic heterocycles. The van der Waals surface area contributed by atoms with Gasteiger partial charge in [-0.15, -0.1) is 0 Å². The number of hydrazine groups is 1. The largest absolute Gasteiger partial charge is 0.398 e. The van der Waals surface area contributed by atoms with Gasteiger partial charge < -0.3 is 5.73 Å². The van der Waals surface area contributed by atoms with Crippen LogP contribution in [0.25, 0.3) is 0 Å². The number of thioether (sulfide) groups is 2. The molecule has 1 fully saturated rings. The molecule has 1 aromatic rings. The highest BCUT2D eigenvalue weighted by Crippen LogP contribution is 2.28. The van der Waals surface area contributed by atoms with E-state index in [1.165, 1.54) is 11.5 Å². The molecule has 0 amide bonds. The van der Waals surface area contributed by atoms with Crippen LogP contribution in [0.3, 0.4) is 0 Å². The van der Waals surface area contributed by atoms with Gasteiger partial charge >= 0.3 is 0 Å². The standard InChI is InChI=1S/C11H18N4S2/c12-9-1-2-14-6-8(9)5-10(15-13)11-7-16-3-4-17-11/h1-2,6,10-11,15H,3-5,7,13H2,(H2,12,14). The van der Waals surface area contributed by atoms with Crippen LogP contribution in [-0.2, 0) is 6.42 Å². The highest BCUT2D eigenvalue weighted by molar-refractivity contribution is 8.06. The second kappa shape index (κ2) is 6.49. The van der Waals surface area contributed by atoms with Crippen LogP contribution < -0.4 is 17.0 Å². The van der Waals surface area contributed by atoms with Gasteiger partial charge in [0.25, 0.3) is 0 Å². The van der Waals surface area contributed by atoms with Gasteiger partial charge in [0.2, 0.25) is 0 Å². The van der Waals surface area contributed by atoms with Gasteiger partial charge in [-0.05, 0) is 18.1 Å². The molecule has 94 valence electrons. The summed E-state index contributed by atoms with van der Waals surface area (Å²) in [7, 11) is 0. The van der Waals surface area contributed by atoms with Crippen LogP contribution in [0, 0.1) is 0 Å². The lowest BCUT2D eigenvalue weighted by atomic mass is 10.0. The van der Waals surface area contributed by atoms with Crippen LogP contribution in [0.15, 0.2) is 18.5 Å². The molecule has 2 rings (SSSR count). The maximum Gasteiger partial charge on any atom is 0.0379 e. The van der Waals surface area contributed by atoms with Crippen molar-refractivity contribution < 1.29 is 0 Å². The van der Waals surface area contributed by atoms with Gasteiger partial charge in [0, 0.05) is 46.6 Å². The van der Waals surface area contributed by atoms with E-state index in [1.54, 1.807) is 6.20 Å². The molecule has 2 heterocycles. The molecule has 0 spiro atoms. The van der Waals surface area contributed by atoms with E-state index >= 15 is 0 Å². The van der Waals surface area contributed by atoms with Crippen LogP contribution in [0.5, 0.6) is 0 Å². The first-order valence-corrected chi connectivity index (χ1v) is 7.85. The Hall–Kier alpha value is -0.430. The van der Waals surface area contributed by atoms with Gasteiger partial charge in [0.05, 0.1) is 0 Å². The summed E-state index contributed by atoms with van der Waals surface area (Å²) in [6, 6.07) is 2.10. The number of hydrogen-bond donors (Lipinski definition) is 3. The van der Waals surface area contributed by atoms with Crippen molar-refractivity contribution in [2.45, 2.75) is 17.7 Å². The Morgan fingerprint density at radius 2 is 2.41 bits per heavy atom. The van der Waals surface area contributed by atoms with Crippen LogP contribution in [0.2, 0.25) is 0 Å². The number of nitrogen functional groups attached to an aromatic ring is 1. The fourth-order valence-electron chi connectivity index (χ4n) is 1.88. The van der Waals surface area contributed by atoms with Crippen molar-refractivity contribution in [2.24, 2.45) is 5.84 Å². The van der Waals surface area contributed by atoms with Crippen molar-refractivity contribution in [1.82, 2.24) is 10.4 Å². The smallest absolute Gasteiger partial charge is 0.0379 e. The Kier molecular flexibility index (Phi) is 4.97. The quantitative estimate of drug-likeness (QED) is 0.557. The molecule has 0 radical (unpaired) electrons. The third-order valence-electron chi connectivity index (χ3n) is 2.89. The summed E-state index contributed by atoms with van der Waals surface area (Å²) in [6.45, 7) is 0. The maximum absolute atomic E-state index is 5.93. The van der Waals surface area contributed by atoms with E-state index in [2.05, 4.69) is 10.4 Å². The first kappa shape index (κ1) is 13.0. The number of anilines is 1. The second-order valence-electron chi connectivity index (χ2n) is 4.04. The maximum atomic E-state index is 5.93. The third-order valence-corrected chi connectivity index (χ3v) is 5.81. The second-order valence-corrected chi connectivity index (χ2v) is 6.53. The zero-order valence-corrected chi connectivity index (χ0v) is 11.3. The van der Waals surface area contributed by atoms with E-state index < -0.39 is 0 Å². The Morgan fingerprint density at radius 3 is 3.06 bits per heavy atom. The van der Waals surface area contributed by atoms with Gasteiger partial charge in [0.15, 0.2) is 0 Å². The molecule has 1 saturated heterocycles. The van der Waals surface area contributed by atoms with E-state index in [-0.39, 0.29) is 6.04 Å². The lowest BCUT2D eigenvalue weighted by Crippen LogP contribution is -2.46. The summed E-state index contributed by atoms with van der Waals surface area (Å²) in [5.41, 5.74) is 10.7. The predicted molar refractivity (Wildman–Crippen MR) is 77.0 cm³/mol. The molecule has 6 heteroatoms. The molecule has 2 atom stereocenters. The number of nitrogens with zero attached hydrogens (tertiary/aromatic N) is 1. The number of pyridine rings is 1. The molecular weight excluding hydrogens is 252 g/mol. The highest BCUT2D eigenvalue weighted by atomic mass is 32.2. The van der Waals surface area contributed by atoms with Crippen molar-refractivity contribution in [3.8, 4) is 0 Å². The molecule has 1 aliphatic heterocycles. The highest BCUT2D eigenvalue weighted by Gasteiger charge is 2.24. The number of aromatic nitrogens is 1. The SMILES string of the molecule is NNC(Cc1cnccc1N)C1CSCCS1. The average molecular weight is 270 g/mol. The van der Waals surface area contributed by atoms with Gasteiger partial charge in [-0.3, -0.25) is 16.3 Å². The molecule has 2 unspecified atom stereocenters.